The van der Waals surface area contributed by atoms with Crippen LogP contribution in [0.4, 0.5) is 0 Å². The lowest BCUT2D eigenvalue weighted by atomic mass is 9.61. The average molecular weight is 224 g/mol. The van der Waals surface area contributed by atoms with Crippen LogP contribution in [0, 0.1) is 10.8 Å². The summed E-state index contributed by atoms with van der Waals surface area (Å²) in [4.78, 5) is 15.6. The van der Waals surface area contributed by atoms with Crippen molar-refractivity contribution >= 4 is 19.2 Å². The molecule has 1 aliphatic heterocycles. The number of hydrogen-bond donors (Lipinski definition) is 3. The summed E-state index contributed by atoms with van der Waals surface area (Å²) in [5.74, 6) is -0.505. The molecule has 1 heterocycles. The molecule has 1 rings (SSSR count). The zero-order valence-corrected chi connectivity index (χ0v) is 9.77. The van der Waals surface area contributed by atoms with E-state index in [9.17, 15) is 4.79 Å². The van der Waals surface area contributed by atoms with Gasteiger partial charge in [-0.1, -0.05) is 26.8 Å². The van der Waals surface area contributed by atoms with Gasteiger partial charge < -0.3 is 15.8 Å². The Hall–Kier alpha value is -1.14. The standard InChI is InChI=1S/C10H17BN2O3/c1-9(2,3)10(8(12)14)4-7(11(15)16)5-13-6-10/h4-5,15-16H,6H2,1-3H3,(H2,12,14). The molecule has 0 aromatic carbocycles. The molecule has 1 aliphatic rings. The highest BCUT2D eigenvalue weighted by Crippen LogP contribution is 2.42. The smallest absolute Gasteiger partial charge is 0.423 e. The SMILES string of the molecule is CC(C)(C)C1(C(N)=O)C=C(B(O)O)C=NC1. The Morgan fingerprint density at radius 1 is 1.56 bits per heavy atom. The van der Waals surface area contributed by atoms with Crippen LogP contribution in [0.25, 0.3) is 0 Å². The van der Waals surface area contributed by atoms with Crippen LogP contribution in [0.3, 0.4) is 0 Å². The highest BCUT2D eigenvalue weighted by Gasteiger charge is 2.47. The van der Waals surface area contributed by atoms with Crippen LogP contribution in [0.5, 0.6) is 0 Å². The summed E-state index contributed by atoms with van der Waals surface area (Å²) in [6.07, 6.45) is 2.88. The molecular weight excluding hydrogens is 207 g/mol. The van der Waals surface area contributed by atoms with Gasteiger partial charge in [-0.2, -0.15) is 0 Å². The van der Waals surface area contributed by atoms with Crippen LogP contribution in [-0.2, 0) is 4.79 Å². The van der Waals surface area contributed by atoms with Gasteiger partial charge in [0.25, 0.3) is 0 Å². The summed E-state index contributed by atoms with van der Waals surface area (Å²) in [6, 6.07) is 0. The van der Waals surface area contributed by atoms with Gasteiger partial charge in [0.05, 0.1) is 12.0 Å². The maximum Gasteiger partial charge on any atom is 0.489 e. The maximum atomic E-state index is 11.6. The molecule has 6 heteroatoms. The summed E-state index contributed by atoms with van der Waals surface area (Å²) < 4.78 is 0. The minimum absolute atomic E-state index is 0.208. The van der Waals surface area contributed by atoms with Gasteiger partial charge in [0.1, 0.15) is 0 Å². The van der Waals surface area contributed by atoms with Gasteiger partial charge in [-0.3, -0.25) is 9.79 Å². The van der Waals surface area contributed by atoms with Gasteiger partial charge >= 0.3 is 7.12 Å². The van der Waals surface area contributed by atoms with E-state index in [0.29, 0.717) is 0 Å². The van der Waals surface area contributed by atoms with Crippen LogP contribution in [0.15, 0.2) is 16.5 Å². The number of dihydropyridines is 1. The number of allylic oxidation sites excluding steroid dienone is 1. The molecule has 0 saturated carbocycles. The number of rotatable bonds is 2. The number of nitrogens with two attached hydrogens (primary N) is 1. The highest BCUT2D eigenvalue weighted by atomic mass is 16.4. The Bertz CT molecular complexity index is 358. The fourth-order valence-electron chi connectivity index (χ4n) is 1.78. The third-order valence-electron chi connectivity index (χ3n) is 3.07. The first-order chi connectivity index (χ1) is 7.21. The summed E-state index contributed by atoms with van der Waals surface area (Å²) in [5.41, 5.74) is 4.23. The van der Waals surface area contributed by atoms with E-state index >= 15 is 0 Å². The van der Waals surface area contributed by atoms with Gasteiger partial charge in [-0.25, -0.2) is 0 Å². The Balaban J connectivity index is 3.26. The Morgan fingerprint density at radius 2 is 2.12 bits per heavy atom. The molecule has 88 valence electrons. The van der Waals surface area contributed by atoms with Crippen molar-refractivity contribution in [2.45, 2.75) is 20.8 Å². The number of hydrogen-bond acceptors (Lipinski definition) is 4. The highest BCUT2D eigenvalue weighted by molar-refractivity contribution is 6.57. The molecule has 4 N–H and O–H groups in total. The summed E-state index contributed by atoms with van der Waals surface area (Å²) >= 11 is 0. The molecule has 1 amide bonds. The van der Waals surface area contributed by atoms with E-state index in [1.54, 1.807) is 0 Å². The minimum atomic E-state index is -1.63. The van der Waals surface area contributed by atoms with Crippen LogP contribution >= 0.6 is 0 Å². The summed E-state index contributed by atoms with van der Waals surface area (Å²) in [5, 5.41) is 18.2. The number of nitrogens with zero attached hydrogens (tertiary/aromatic N) is 1. The fourth-order valence-corrected chi connectivity index (χ4v) is 1.78. The summed E-state index contributed by atoms with van der Waals surface area (Å²) in [7, 11) is -1.63. The molecule has 5 nitrogen and oxygen atoms in total. The zero-order valence-electron chi connectivity index (χ0n) is 9.77. The van der Waals surface area contributed by atoms with E-state index in [0.717, 1.165) is 0 Å². The lowest BCUT2D eigenvalue weighted by molar-refractivity contribution is -0.129. The first kappa shape index (κ1) is 12.9. The van der Waals surface area contributed by atoms with Gasteiger partial charge in [0.2, 0.25) is 5.91 Å². The monoisotopic (exact) mass is 224 g/mol. The number of carbonyl (C=O) groups excluding carboxylic acids is 1. The summed E-state index contributed by atoms with van der Waals surface area (Å²) in [6.45, 7) is 5.85. The van der Waals surface area contributed by atoms with Crippen LogP contribution in [-0.4, -0.2) is 35.8 Å². The molecule has 0 aliphatic carbocycles. The van der Waals surface area contributed by atoms with Crippen LogP contribution in [0.1, 0.15) is 20.8 Å². The fraction of sp³-hybridized carbons (Fsp3) is 0.600. The van der Waals surface area contributed by atoms with Crippen LogP contribution in [0.2, 0.25) is 0 Å². The van der Waals surface area contributed by atoms with Crippen LogP contribution < -0.4 is 5.73 Å². The van der Waals surface area contributed by atoms with Crippen molar-refractivity contribution in [1.82, 2.24) is 0 Å². The van der Waals surface area contributed by atoms with Gasteiger partial charge in [0, 0.05) is 6.21 Å². The van der Waals surface area contributed by atoms with Crippen molar-refractivity contribution in [3.8, 4) is 0 Å². The number of primary amides is 1. The van der Waals surface area contributed by atoms with E-state index in [4.69, 9.17) is 15.8 Å². The largest absolute Gasteiger partial charge is 0.489 e. The second kappa shape index (κ2) is 4.03. The number of amides is 1. The predicted octanol–water partition coefficient (Wildman–Crippen LogP) is -0.473. The van der Waals surface area contributed by atoms with Gasteiger partial charge in [-0.05, 0) is 10.9 Å². The van der Waals surface area contributed by atoms with Gasteiger partial charge in [0.15, 0.2) is 0 Å². The molecule has 0 spiro atoms. The van der Waals surface area contributed by atoms with E-state index in [-0.39, 0.29) is 12.0 Å². The third kappa shape index (κ3) is 2.03. The molecule has 1 unspecified atom stereocenters. The molecule has 0 aromatic heterocycles. The van der Waals surface area contributed by atoms with E-state index in [2.05, 4.69) is 4.99 Å². The van der Waals surface area contributed by atoms with Crippen molar-refractivity contribution in [3.05, 3.63) is 11.5 Å². The molecule has 0 aromatic rings. The molecular formula is C10H17BN2O3. The van der Waals surface area contributed by atoms with E-state index in [1.165, 1.54) is 12.3 Å². The van der Waals surface area contributed by atoms with E-state index < -0.39 is 23.9 Å². The second-order valence-corrected chi connectivity index (χ2v) is 5.07. The van der Waals surface area contributed by atoms with Crippen molar-refractivity contribution in [2.24, 2.45) is 21.6 Å². The van der Waals surface area contributed by atoms with Crippen molar-refractivity contribution in [2.75, 3.05) is 6.54 Å². The maximum absolute atomic E-state index is 11.6. The first-order valence-corrected chi connectivity index (χ1v) is 5.09. The first-order valence-electron chi connectivity index (χ1n) is 5.09. The van der Waals surface area contributed by atoms with Gasteiger partial charge in [-0.15, -0.1) is 0 Å². The molecule has 1 atom stereocenters. The zero-order chi connectivity index (χ0) is 12.6. The van der Waals surface area contributed by atoms with Crippen molar-refractivity contribution in [3.63, 3.8) is 0 Å². The van der Waals surface area contributed by atoms with Crippen molar-refractivity contribution in [1.29, 1.82) is 0 Å². The normalized spacial score (nSPS) is 25.2. The molecule has 0 fully saturated rings. The Morgan fingerprint density at radius 3 is 2.50 bits per heavy atom. The molecule has 0 saturated heterocycles. The Labute approximate surface area is 95.2 Å². The number of aliphatic imine (C=N–C) groups is 1. The second-order valence-electron chi connectivity index (χ2n) is 5.07. The number of carbonyl (C=O) groups is 1. The molecule has 0 bridgehead atoms. The third-order valence-corrected chi connectivity index (χ3v) is 3.07. The van der Waals surface area contributed by atoms with Crippen molar-refractivity contribution < 1.29 is 14.8 Å². The molecule has 16 heavy (non-hydrogen) atoms. The predicted molar refractivity (Wildman–Crippen MR) is 62.7 cm³/mol. The Kier molecular flexibility index (Phi) is 3.26. The molecule has 0 radical (unpaired) electrons. The van der Waals surface area contributed by atoms with E-state index in [1.807, 2.05) is 20.8 Å². The minimum Gasteiger partial charge on any atom is -0.423 e. The topological polar surface area (TPSA) is 95.9 Å². The quantitative estimate of drug-likeness (QED) is 0.553. The lowest BCUT2D eigenvalue weighted by Gasteiger charge is -2.40. The average Bonchev–Trinajstić information content (AvgIpc) is 2.15. The lowest BCUT2D eigenvalue weighted by Crippen LogP contribution is -2.49.